The fourth-order valence-corrected chi connectivity index (χ4v) is 2.43. The number of hydrogen-bond acceptors (Lipinski definition) is 5. The fourth-order valence-electron chi connectivity index (χ4n) is 2.16. The molecule has 2 aromatic rings. The van der Waals surface area contributed by atoms with E-state index in [1.807, 2.05) is 24.3 Å². The van der Waals surface area contributed by atoms with E-state index in [1.165, 1.54) is 32.4 Å². The molecule has 1 amide bonds. The Hall–Kier alpha value is -2.67. The highest BCUT2D eigenvalue weighted by atomic mass is 79.9. The van der Waals surface area contributed by atoms with Gasteiger partial charge in [-0.3, -0.25) is 4.79 Å². The van der Waals surface area contributed by atoms with E-state index in [0.717, 1.165) is 10.0 Å². The van der Waals surface area contributed by atoms with Gasteiger partial charge in [0, 0.05) is 10.2 Å². The molecule has 0 aliphatic rings. The van der Waals surface area contributed by atoms with Crippen molar-refractivity contribution in [1.82, 2.24) is 0 Å². The SMILES string of the molecule is COC(=O)c1cc(NC(=O)Cc2ccc(Br)cc2)cc(C(=O)OC)c1. The van der Waals surface area contributed by atoms with Crippen LogP contribution in [-0.4, -0.2) is 32.1 Å². The minimum Gasteiger partial charge on any atom is -0.465 e. The van der Waals surface area contributed by atoms with Crippen LogP contribution in [0.4, 0.5) is 5.69 Å². The van der Waals surface area contributed by atoms with Gasteiger partial charge < -0.3 is 14.8 Å². The minimum atomic E-state index is -0.617. The van der Waals surface area contributed by atoms with Crippen LogP contribution in [0.3, 0.4) is 0 Å². The van der Waals surface area contributed by atoms with Crippen molar-refractivity contribution < 1.29 is 23.9 Å². The first-order chi connectivity index (χ1) is 11.9. The summed E-state index contributed by atoms with van der Waals surface area (Å²) in [5.74, 6) is -1.51. The predicted molar refractivity (Wildman–Crippen MR) is 95.6 cm³/mol. The smallest absolute Gasteiger partial charge is 0.337 e. The molecule has 6 nitrogen and oxygen atoms in total. The highest BCUT2D eigenvalue weighted by molar-refractivity contribution is 9.10. The maximum absolute atomic E-state index is 12.2. The van der Waals surface area contributed by atoms with Gasteiger partial charge in [0.2, 0.25) is 5.91 Å². The molecule has 0 aromatic heterocycles. The topological polar surface area (TPSA) is 81.7 Å². The lowest BCUT2D eigenvalue weighted by molar-refractivity contribution is -0.115. The van der Waals surface area contributed by atoms with Crippen LogP contribution >= 0.6 is 15.9 Å². The molecule has 2 rings (SSSR count). The Bertz CT molecular complexity index is 767. The van der Waals surface area contributed by atoms with Gasteiger partial charge in [0.15, 0.2) is 0 Å². The monoisotopic (exact) mass is 405 g/mol. The zero-order valence-corrected chi connectivity index (χ0v) is 15.3. The van der Waals surface area contributed by atoms with Gasteiger partial charge in [-0.15, -0.1) is 0 Å². The van der Waals surface area contributed by atoms with Crippen LogP contribution in [-0.2, 0) is 20.7 Å². The molecule has 0 saturated carbocycles. The second kappa shape index (κ2) is 8.43. The number of ether oxygens (including phenoxy) is 2. The summed E-state index contributed by atoms with van der Waals surface area (Å²) in [7, 11) is 2.47. The number of methoxy groups -OCH3 is 2. The van der Waals surface area contributed by atoms with Gasteiger partial charge >= 0.3 is 11.9 Å². The number of benzene rings is 2. The number of nitrogens with one attached hydrogen (secondary N) is 1. The summed E-state index contributed by atoms with van der Waals surface area (Å²) in [6.45, 7) is 0. The lowest BCUT2D eigenvalue weighted by Crippen LogP contribution is -2.16. The Morgan fingerprint density at radius 2 is 1.44 bits per heavy atom. The molecule has 7 heteroatoms. The van der Waals surface area contributed by atoms with Gasteiger partial charge in [0.25, 0.3) is 0 Å². The molecule has 0 spiro atoms. The molecule has 2 aromatic carbocycles. The highest BCUT2D eigenvalue weighted by Gasteiger charge is 2.15. The third-order valence-corrected chi connectivity index (χ3v) is 3.87. The number of carbonyl (C=O) groups excluding carboxylic acids is 3. The summed E-state index contributed by atoms with van der Waals surface area (Å²) < 4.78 is 10.2. The van der Waals surface area contributed by atoms with Gasteiger partial charge in [0.05, 0.1) is 31.8 Å². The van der Waals surface area contributed by atoms with Crippen LogP contribution in [0.5, 0.6) is 0 Å². The number of carbonyl (C=O) groups is 3. The van der Waals surface area contributed by atoms with Crippen LogP contribution < -0.4 is 5.32 Å². The molecular weight excluding hydrogens is 390 g/mol. The van der Waals surface area contributed by atoms with Crippen LogP contribution in [0.1, 0.15) is 26.3 Å². The lowest BCUT2D eigenvalue weighted by Gasteiger charge is -2.10. The summed E-state index contributed by atoms with van der Waals surface area (Å²) in [5, 5.41) is 2.68. The van der Waals surface area contributed by atoms with Crippen molar-refractivity contribution in [3.8, 4) is 0 Å². The van der Waals surface area contributed by atoms with Crippen LogP contribution in [0.2, 0.25) is 0 Å². The third-order valence-electron chi connectivity index (χ3n) is 3.34. The number of amides is 1. The Morgan fingerprint density at radius 3 is 1.92 bits per heavy atom. The maximum atomic E-state index is 12.2. The molecule has 0 atom stereocenters. The standard InChI is InChI=1S/C18H16BrNO5/c1-24-17(22)12-8-13(18(23)25-2)10-15(9-12)20-16(21)7-11-3-5-14(19)6-4-11/h3-6,8-10H,7H2,1-2H3,(H,20,21). The van der Waals surface area contributed by atoms with Crippen molar-refractivity contribution in [2.75, 3.05) is 19.5 Å². The van der Waals surface area contributed by atoms with Crippen molar-refractivity contribution in [1.29, 1.82) is 0 Å². The molecular formula is C18H16BrNO5. The summed E-state index contributed by atoms with van der Waals surface area (Å²) in [4.78, 5) is 35.7. The second-order valence-electron chi connectivity index (χ2n) is 5.13. The number of hydrogen-bond donors (Lipinski definition) is 1. The van der Waals surface area contributed by atoms with Gasteiger partial charge in [-0.2, -0.15) is 0 Å². The minimum absolute atomic E-state index is 0.143. The maximum Gasteiger partial charge on any atom is 0.337 e. The Labute approximate surface area is 153 Å². The molecule has 0 radical (unpaired) electrons. The van der Waals surface area contributed by atoms with Crippen LogP contribution in [0, 0.1) is 0 Å². The van der Waals surface area contributed by atoms with Gasteiger partial charge in [0.1, 0.15) is 0 Å². The van der Waals surface area contributed by atoms with E-state index < -0.39 is 11.9 Å². The second-order valence-corrected chi connectivity index (χ2v) is 6.05. The first kappa shape index (κ1) is 18.7. The number of rotatable bonds is 5. The average Bonchev–Trinajstić information content (AvgIpc) is 2.61. The summed E-state index contributed by atoms with van der Waals surface area (Å²) in [6.07, 6.45) is 0.156. The van der Waals surface area contributed by atoms with Gasteiger partial charge in [-0.05, 0) is 35.9 Å². The first-order valence-electron chi connectivity index (χ1n) is 7.29. The molecule has 0 unspecified atom stereocenters. The lowest BCUT2D eigenvalue weighted by atomic mass is 10.1. The normalized spacial score (nSPS) is 10.0. The van der Waals surface area contributed by atoms with Crippen LogP contribution in [0.15, 0.2) is 46.9 Å². The average molecular weight is 406 g/mol. The predicted octanol–water partition coefficient (Wildman–Crippen LogP) is 3.20. The van der Waals surface area contributed by atoms with Crippen molar-refractivity contribution in [2.24, 2.45) is 0 Å². The molecule has 25 heavy (non-hydrogen) atoms. The van der Waals surface area contributed by atoms with E-state index >= 15 is 0 Å². The number of anilines is 1. The molecule has 0 saturated heterocycles. The van der Waals surface area contributed by atoms with E-state index in [4.69, 9.17) is 0 Å². The molecule has 0 fully saturated rings. The summed E-state index contributed by atoms with van der Waals surface area (Å²) in [5.41, 5.74) is 1.43. The molecule has 0 aliphatic carbocycles. The quantitative estimate of drug-likeness (QED) is 0.772. The first-order valence-corrected chi connectivity index (χ1v) is 8.08. The number of halogens is 1. The van der Waals surface area contributed by atoms with E-state index in [-0.39, 0.29) is 23.5 Å². The van der Waals surface area contributed by atoms with Crippen molar-refractivity contribution >= 4 is 39.5 Å². The fraction of sp³-hybridized carbons (Fsp3) is 0.167. The van der Waals surface area contributed by atoms with E-state index in [2.05, 4.69) is 30.7 Å². The molecule has 0 aliphatic heterocycles. The largest absolute Gasteiger partial charge is 0.465 e. The van der Waals surface area contributed by atoms with E-state index in [1.54, 1.807) is 0 Å². The highest BCUT2D eigenvalue weighted by Crippen LogP contribution is 2.18. The Morgan fingerprint density at radius 1 is 0.920 bits per heavy atom. The van der Waals surface area contributed by atoms with E-state index in [0.29, 0.717) is 5.69 Å². The van der Waals surface area contributed by atoms with Gasteiger partial charge in [-0.1, -0.05) is 28.1 Å². The van der Waals surface area contributed by atoms with Crippen molar-refractivity contribution in [2.45, 2.75) is 6.42 Å². The number of esters is 2. The zero-order chi connectivity index (χ0) is 18.4. The van der Waals surface area contributed by atoms with Crippen molar-refractivity contribution in [3.63, 3.8) is 0 Å². The van der Waals surface area contributed by atoms with Crippen molar-refractivity contribution in [3.05, 3.63) is 63.6 Å². The molecule has 0 bridgehead atoms. The molecule has 0 heterocycles. The molecule has 1 N–H and O–H groups in total. The summed E-state index contributed by atoms with van der Waals surface area (Å²) >= 11 is 3.33. The Kier molecular flexibility index (Phi) is 6.30. The zero-order valence-electron chi connectivity index (χ0n) is 13.7. The van der Waals surface area contributed by atoms with E-state index in [9.17, 15) is 14.4 Å². The van der Waals surface area contributed by atoms with Crippen LogP contribution in [0.25, 0.3) is 0 Å². The molecule has 130 valence electrons. The van der Waals surface area contributed by atoms with Gasteiger partial charge in [-0.25, -0.2) is 9.59 Å². The summed E-state index contributed by atoms with van der Waals surface area (Å²) in [6, 6.07) is 11.6. The Balaban J connectivity index is 2.21. The third kappa shape index (κ3) is 5.15.